The molecule has 0 aliphatic carbocycles. The van der Waals surface area contributed by atoms with Gasteiger partial charge in [0.15, 0.2) is 8.32 Å². The number of benzene rings is 1. The number of hydrogen-bond acceptors (Lipinski definition) is 3. The zero-order valence-corrected chi connectivity index (χ0v) is 12.1. The molecule has 0 radical (unpaired) electrons. The molecule has 1 aromatic rings. The molecule has 0 aliphatic heterocycles. The van der Waals surface area contributed by atoms with Gasteiger partial charge in [-0.3, -0.25) is 4.55 Å². The predicted octanol–water partition coefficient (Wildman–Crippen LogP) is 2.33. The van der Waals surface area contributed by atoms with Crippen LogP contribution in [0.4, 0.5) is 0 Å². The van der Waals surface area contributed by atoms with Crippen molar-refractivity contribution in [1.82, 2.24) is 0 Å². The van der Waals surface area contributed by atoms with E-state index < -0.39 is 18.4 Å². The average molecular weight is 274 g/mol. The molecule has 0 atom stereocenters. The maximum Gasteiger partial charge on any atom is 0.294 e. The van der Waals surface area contributed by atoms with Crippen molar-refractivity contribution in [3.8, 4) is 0 Å². The summed E-state index contributed by atoms with van der Waals surface area (Å²) < 4.78 is 36.0. The minimum absolute atomic E-state index is 0.0653. The minimum Gasteiger partial charge on any atom is -0.420 e. The normalized spacial score (nSPS) is 12.7. The molecule has 1 rings (SSSR count). The molecule has 1 aromatic carbocycles. The molecule has 0 bridgehead atoms. The third-order valence-electron chi connectivity index (χ3n) is 2.79. The Morgan fingerprint density at radius 3 is 2.18 bits per heavy atom. The summed E-state index contributed by atoms with van der Waals surface area (Å²) >= 11 is 0. The second-order valence-corrected chi connectivity index (χ2v) is 10.4. The topological polar surface area (TPSA) is 63.6 Å². The van der Waals surface area contributed by atoms with Crippen molar-refractivity contribution in [3.63, 3.8) is 0 Å². The SMILES string of the molecule is CO[Si](C)(C)CCc1ccc(S(=O)(=O)O)cc1. The van der Waals surface area contributed by atoms with E-state index >= 15 is 0 Å². The molecule has 0 aromatic heterocycles. The highest BCUT2D eigenvalue weighted by molar-refractivity contribution is 7.85. The van der Waals surface area contributed by atoms with Crippen LogP contribution in [-0.4, -0.2) is 28.4 Å². The number of aryl methyl sites for hydroxylation is 1. The summed E-state index contributed by atoms with van der Waals surface area (Å²) in [7, 11) is -3.93. The van der Waals surface area contributed by atoms with Crippen molar-refractivity contribution in [2.45, 2.75) is 30.5 Å². The Labute approximate surface area is 104 Å². The zero-order valence-electron chi connectivity index (χ0n) is 10.3. The lowest BCUT2D eigenvalue weighted by Gasteiger charge is -2.19. The first-order valence-electron chi connectivity index (χ1n) is 5.36. The van der Waals surface area contributed by atoms with Crippen LogP contribution in [0.2, 0.25) is 19.1 Å². The molecule has 1 N–H and O–H groups in total. The second-order valence-electron chi connectivity index (χ2n) is 4.58. The summed E-state index contributed by atoms with van der Waals surface area (Å²) in [5.74, 6) is 0. The molecule has 0 unspecified atom stereocenters. The Balaban J connectivity index is 2.70. The van der Waals surface area contributed by atoms with Crippen LogP contribution >= 0.6 is 0 Å². The summed E-state index contributed by atoms with van der Waals surface area (Å²) in [6.07, 6.45) is 0.860. The molecule has 4 nitrogen and oxygen atoms in total. The van der Waals surface area contributed by atoms with Gasteiger partial charge in [0.1, 0.15) is 0 Å². The number of hydrogen-bond donors (Lipinski definition) is 1. The van der Waals surface area contributed by atoms with E-state index in [9.17, 15) is 8.42 Å². The monoisotopic (exact) mass is 274 g/mol. The van der Waals surface area contributed by atoms with E-state index in [4.69, 9.17) is 8.98 Å². The lowest BCUT2D eigenvalue weighted by atomic mass is 10.2. The number of rotatable bonds is 5. The summed E-state index contributed by atoms with van der Waals surface area (Å²) in [6, 6.07) is 7.28. The van der Waals surface area contributed by atoms with Gasteiger partial charge in [0.2, 0.25) is 0 Å². The van der Waals surface area contributed by atoms with Gasteiger partial charge in [-0.25, -0.2) is 0 Å². The van der Waals surface area contributed by atoms with Crippen molar-refractivity contribution in [3.05, 3.63) is 29.8 Å². The molecular weight excluding hydrogens is 256 g/mol. The van der Waals surface area contributed by atoms with Crippen LogP contribution in [0.3, 0.4) is 0 Å². The largest absolute Gasteiger partial charge is 0.420 e. The molecule has 0 saturated carbocycles. The maximum atomic E-state index is 10.9. The Kier molecular flexibility index (Phi) is 4.48. The van der Waals surface area contributed by atoms with E-state index in [1.54, 1.807) is 19.2 Å². The first kappa shape index (κ1) is 14.4. The van der Waals surface area contributed by atoms with E-state index in [0.29, 0.717) is 0 Å². The summed E-state index contributed by atoms with van der Waals surface area (Å²) in [6.45, 7) is 4.28. The van der Waals surface area contributed by atoms with E-state index in [-0.39, 0.29) is 4.90 Å². The van der Waals surface area contributed by atoms with Gasteiger partial charge in [-0.2, -0.15) is 8.42 Å². The Bertz CT molecular complexity index is 465. The van der Waals surface area contributed by atoms with Crippen molar-refractivity contribution in [2.24, 2.45) is 0 Å². The standard InChI is InChI=1S/C11H18O4SSi/c1-15-17(2,3)9-8-10-4-6-11(7-5-10)16(12,13)14/h4-7H,8-9H2,1-3H3,(H,12,13,14). The van der Waals surface area contributed by atoms with Gasteiger partial charge < -0.3 is 4.43 Å². The van der Waals surface area contributed by atoms with Gasteiger partial charge in [-0.05, 0) is 43.3 Å². The van der Waals surface area contributed by atoms with Crippen LogP contribution in [-0.2, 0) is 21.0 Å². The molecule has 96 valence electrons. The molecule has 17 heavy (non-hydrogen) atoms. The van der Waals surface area contributed by atoms with Crippen molar-refractivity contribution < 1.29 is 17.4 Å². The van der Waals surface area contributed by atoms with Gasteiger partial charge in [0, 0.05) is 7.11 Å². The van der Waals surface area contributed by atoms with Crippen LogP contribution in [0.5, 0.6) is 0 Å². The fourth-order valence-electron chi connectivity index (χ4n) is 1.38. The van der Waals surface area contributed by atoms with Gasteiger partial charge in [-0.1, -0.05) is 12.1 Å². The minimum atomic E-state index is -4.08. The van der Waals surface area contributed by atoms with Gasteiger partial charge in [0.25, 0.3) is 10.1 Å². The Morgan fingerprint density at radius 1 is 1.24 bits per heavy atom. The molecular formula is C11H18O4SSi. The second kappa shape index (κ2) is 5.30. The molecule has 0 amide bonds. The smallest absolute Gasteiger partial charge is 0.294 e. The van der Waals surface area contributed by atoms with E-state index in [2.05, 4.69) is 13.1 Å². The lowest BCUT2D eigenvalue weighted by molar-refractivity contribution is 0.403. The fourth-order valence-corrected chi connectivity index (χ4v) is 2.95. The van der Waals surface area contributed by atoms with Gasteiger partial charge in [0.05, 0.1) is 4.90 Å². The first-order chi connectivity index (χ1) is 7.74. The van der Waals surface area contributed by atoms with Crippen molar-refractivity contribution >= 4 is 18.4 Å². The van der Waals surface area contributed by atoms with Crippen molar-refractivity contribution in [1.29, 1.82) is 0 Å². The molecule has 0 heterocycles. The van der Waals surface area contributed by atoms with Crippen LogP contribution in [0.25, 0.3) is 0 Å². The zero-order chi connectivity index (χ0) is 13.1. The van der Waals surface area contributed by atoms with Crippen LogP contribution < -0.4 is 0 Å². The molecule has 0 aliphatic rings. The molecule has 6 heteroatoms. The van der Waals surface area contributed by atoms with Crippen LogP contribution in [0.1, 0.15) is 5.56 Å². The Hall–Kier alpha value is -0.693. The molecule has 0 spiro atoms. The predicted molar refractivity (Wildman–Crippen MR) is 69.3 cm³/mol. The van der Waals surface area contributed by atoms with E-state index in [0.717, 1.165) is 18.0 Å². The van der Waals surface area contributed by atoms with Gasteiger partial charge in [-0.15, -0.1) is 0 Å². The fraction of sp³-hybridized carbons (Fsp3) is 0.455. The quantitative estimate of drug-likeness (QED) is 0.661. The summed E-state index contributed by atoms with van der Waals surface area (Å²) in [4.78, 5) is -0.0653. The van der Waals surface area contributed by atoms with E-state index in [1.165, 1.54) is 12.1 Å². The highest BCUT2D eigenvalue weighted by Crippen LogP contribution is 2.16. The third-order valence-corrected chi connectivity index (χ3v) is 6.22. The highest BCUT2D eigenvalue weighted by Gasteiger charge is 2.20. The maximum absolute atomic E-state index is 10.9. The summed E-state index contributed by atoms with van der Waals surface area (Å²) in [5, 5.41) is 0. The average Bonchev–Trinajstić information content (AvgIpc) is 2.26. The lowest BCUT2D eigenvalue weighted by Crippen LogP contribution is -2.28. The molecule has 0 fully saturated rings. The van der Waals surface area contributed by atoms with E-state index in [1.807, 2.05) is 0 Å². The van der Waals surface area contributed by atoms with Crippen LogP contribution in [0, 0.1) is 0 Å². The van der Waals surface area contributed by atoms with Crippen molar-refractivity contribution in [2.75, 3.05) is 7.11 Å². The van der Waals surface area contributed by atoms with Crippen LogP contribution in [0.15, 0.2) is 29.2 Å². The highest BCUT2D eigenvalue weighted by atomic mass is 32.2. The molecule has 0 saturated heterocycles. The summed E-state index contributed by atoms with van der Waals surface area (Å²) in [5.41, 5.74) is 1.05. The Morgan fingerprint density at radius 2 is 1.76 bits per heavy atom. The van der Waals surface area contributed by atoms with Gasteiger partial charge >= 0.3 is 0 Å². The third kappa shape index (κ3) is 4.59. The first-order valence-corrected chi connectivity index (χ1v) is 9.92.